The smallest absolute Gasteiger partial charge is 0.0783 e. The highest BCUT2D eigenvalue weighted by Crippen LogP contribution is 2.44. The molecular formula is C23H35NOS. The molecule has 26 heavy (non-hydrogen) atoms. The van der Waals surface area contributed by atoms with Gasteiger partial charge in [0.15, 0.2) is 0 Å². The van der Waals surface area contributed by atoms with E-state index in [0.29, 0.717) is 12.1 Å². The lowest BCUT2D eigenvalue weighted by Gasteiger charge is -2.12. The zero-order valence-corrected chi connectivity index (χ0v) is 17.5. The molecular weight excluding hydrogens is 338 g/mol. The maximum absolute atomic E-state index is 5.45. The fourth-order valence-electron chi connectivity index (χ4n) is 3.14. The van der Waals surface area contributed by atoms with Crippen LogP contribution in [-0.4, -0.2) is 30.1 Å². The second-order valence-electron chi connectivity index (χ2n) is 7.53. The highest BCUT2D eigenvalue weighted by Gasteiger charge is 2.39. The highest BCUT2D eigenvalue weighted by atomic mass is 32.2. The molecule has 2 rings (SSSR count). The lowest BCUT2D eigenvalue weighted by atomic mass is 10.1. The maximum atomic E-state index is 5.45. The molecule has 2 nitrogen and oxygen atoms in total. The number of ether oxygens (including phenoxy) is 1. The number of rotatable bonds is 12. The number of hydrogen-bond donors (Lipinski definition) is 0. The van der Waals surface area contributed by atoms with Gasteiger partial charge >= 0.3 is 0 Å². The predicted molar refractivity (Wildman–Crippen MR) is 117 cm³/mol. The third-order valence-electron chi connectivity index (χ3n) is 5.12. The molecule has 0 amide bonds. The summed E-state index contributed by atoms with van der Waals surface area (Å²) in [5.74, 6) is 2.79. The van der Waals surface area contributed by atoms with Gasteiger partial charge in [-0.1, -0.05) is 49.0 Å². The van der Waals surface area contributed by atoms with E-state index in [2.05, 4.69) is 50.8 Å². The van der Waals surface area contributed by atoms with Crippen molar-refractivity contribution in [3.63, 3.8) is 0 Å². The average molecular weight is 374 g/mol. The molecule has 0 N–H and O–H groups in total. The summed E-state index contributed by atoms with van der Waals surface area (Å²) in [4.78, 5) is 4.86. The molecule has 1 aliphatic carbocycles. The first-order valence-electron chi connectivity index (χ1n) is 9.97. The predicted octanol–water partition coefficient (Wildman–Crippen LogP) is 6.37. The van der Waals surface area contributed by atoms with E-state index in [0.717, 1.165) is 49.7 Å². The standard InChI is InChI=1S/C23H35NOS/c1-5-11-21(25-4)15-14-18(2)12-9-7-6-8-10-13-20-17-26-23(24-20)22-16-19(22)3/h5,7,9-10,12-13,19-22H,1,6,8,11,14-17H2,2-4H3/b9-7-,13-10-,18-12+/t19-,20+,21-,22+/m0/s1. The Kier molecular flexibility index (Phi) is 9.49. The molecule has 0 spiro atoms. The first kappa shape index (κ1) is 21.2. The van der Waals surface area contributed by atoms with Gasteiger partial charge in [-0.25, -0.2) is 0 Å². The number of allylic oxidation sites excluding steroid dienone is 5. The molecule has 0 aromatic rings. The largest absolute Gasteiger partial charge is 0.381 e. The van der Waals surface area contributed by atoms with Crippen LogP contribution >= 0.6 is 11.8 Å². The van der Waals surface area contributed by atoms with Crippen molar-refractivity contribution >= 4 is 16.8 Å². The molecule has 2 aliphatic rings. The Bertz CT molecular complexity index is 561. The molecule has 3 heteroatoms. The van der Waals surface area contributed by atoms with Crippen molar-refractivity contribution in [2.75, 3.05) is 12.9 Å². The SMILES string of the molecule is C=CC[C@@H](CC/C(C)=C/C=C\CC/C=C\[C@@H]1CSC([C@@H]2C[C@@H]2C)=N1)OC. The van der Waals surface area contributed by atoms with Crippen molar-refractivity contribution < 1.29 is 4.74 Å². The number of methoxy groups -OCH3 is 1. The first-order chi connectivity index (χ1) is 12.6. The van der Waals surface area contributed by atoms with E-state index >= 15 is 0 Å². The van der Waals surface area contributed by atoms with Gasteiger partial charge in [0.2, 0.25) is 0 Å². The molecule has 0 bridgehead atoms. The molecule has 0 saturated heterocycles. The minimum Gasteiger partial charge on any atom is -0.381 e. The summed E-state index contributed by atoms with van der Waals surface area (Å²) in [5.41, 5.74) is 1.40. The molecule has 0 radical (unpaired) electrons. The zero-order chi connectivity index (χ0) is 18.8. The monoisotopic (exact) mass is 373 g/mol. The van der Waals surface area contributed by atoms with Crippen LogP contribution in [0, 0.1) is 11.8 Å². The minimum atomic E-state index is 0.296. The van der Waals surface area contributed by atoms with Gasteiger partial charge in [0.05, 0.1) is 17.2 Å². The van der Waals surface area contributed by atoms with E-state index < -0.39 is 0 Å². The van der Waals surface area contributed by atoms with Crippen LogP contribution < -0.4 is 0 Å². The average Bonchev–Trinajstić information content (AvgIpc) is 3.18. The Morgan fingerprint density at radius 3 is 2.85 bits per heavy atom. The normalized spacial score (nSPS) is 27.3. The van der Waals surface area contributed by atoms with E-state index in [1.165, 1.54) is 17.0 Å². The van der Waals surface area contributed by atoms with Gasteiger partial charge in [-0.15, -0.1) is 18.3 Å². The van der Waals surface area contributed by atoms with Crippen LogP contribution in [0.1, 0.15) is 52.4 Å². The summed E-state index contributed by atoms with van der Waals surface area (Å²) in [5, 5.41) is 1.41. The van der Waals surface area contributed by atoms with Crippen molar-refractivity contribution in [1.82, 2.24) is 0 Å². The molecule has 1 aliphatic heterocycles. The van der Waals surface area contributed by atoms with Crippen LogP contribution in [0.5, 0.6) is 0 Å². The Balaban J connectivity index is 1.58. The Morgan fingerprint density at radius 2 is 2.15 bits per heavy atom. The zero-order valence-electron chi connectivity index (χ0n) is 16.7. The number of thioether (sulfide) groups is 1. The number of hydrogen-bond acceptors (Lipinski definition) is 3. The Hall–Kier alpha value is -1.06. The number of nitrogens with zero attached hydrogens (tertiary/aromatic N) is 1. The summed E-state index contributed by atoms with van der Waals surface area (Å²) in [6.45, 7) is 8.31. The van der Waals surface area contributed by atoms with Gasteiger partial charge in [-0.2, -0.15) is 0 Å². The van der Waals surface area contributed by atoms with Gasteiger partial charge in [-0.3, -0.25) is 4.99 Å². The Labute approximate surface area is 164 Å². The summed E-state index contributed by atoms with van der Waals surface area (Å²) < 4.78 is 5.45. The molecule has 1 fully saturated rings. The van der Waals surface area contributed by atoms with Crippen molar-refractivity contribution in [3.05, 3.63) is 48.6 Å². The van der Waals surface area contributed by atoms with Gasteiger partial charge in [0.25, 0.3) is 0 Å². The third-order valence-corrected chi connectivity index (χ3v) is 6.33. The van der Waals surface area contributed by atoms with Gasteiger partial charge < -0.3 is 4.74 Å². The van der Waals surface area contributed by atoms with Crippen molar-refractivity contribution in [2.24, 2.45) is 16.8 Å². The van der Waals surface area contributed by atoms with E-state index in [1.807, 2.05) is 17.8 Å². The topological polar surface area (TPSA) is 21.6 Å². The number of unbranched alkanes of at least 4 members (excludes halogenated alkanes) is 1. The summed E-state index contributed by atoms with van der Waals surface area (Å²) in [6, 6.07) is 0.415. The molecule has 0 unspecified atom stereocenters. The maximum Gasteiger partial charge on any atom is 0.0783 e. The van der Waals surface area contributed by atoms with Gasteiger partial charge in [0.1, 0.15) is 0 Å². The summed E-state index contributed by atoms with van der Waals surface area (Å²) >= 11 is 1.97. The van der Waals surface area contributed by atoms with E-state index in [1.54, 1.807) is 7.11 Å². The molecule has 4 atom stereocenters. The van der Waals surface area contributed by atoms with Crippen LogP contribution in [0.15, 0.2) is 53.6 Å². The third kappa shape index (κ3) is 7.67. The van der Waals surface area contributed by atoms with Crippen molar-refractivity contribution in [1.29, 1.82) is 0 Å². The fourth-order valence-corrected chi connectivity index (χ4v) is 4.42. The van der Waals surface area contributed by atoms with Crippen molar-refractivity contribution in [3.8, 4) is 0 Å². The van der Waals surface area contributed by atoms with Gasteiger partial charge in [-0.05, 0) is 51.4 Å². The molecule has 0 aromatic carbocycles. The van der Waals surface area contributed by atoms with Crippen LogP contribution in [0.2, 0.25) is 0 Å². The van der Waals surface area contributed by atoms with E-state index in [4.69, 9.17) is 9.73 Å². The first-order valence-corrected chi connectivity index (χ1v) is 11.0. The Morgan fingerprint density at radius 1 is 1.38 bits per heavy atom. The second-order valence-corrected chi connectivity index (χ2v) is 8.57. The quantitative estimate of drug-likeness (QED) is 0.225. The van der Waals surface area contributed by atoms with E-state index in [-0.39, 0.29) is 0 Å². The van der Waals surface area contributed by atoms with Crippen LogP contribution in [0.25, 0.3) is 0 Å². The van der Waals surface area contributed by atoms with E-state index in [9.17, 15) is 0 Å². The van der Waals surface area contributed by atoms with Crippen LogP contribution in [0.3, 0.4) is 0 Å². The minimum absolute atomic E-state index is 0.296. The summed E-state index contributed by atoms with van der Waals surface area (Å²) in [7, 11) is 1.78. The lowest BCUT2D eigenvalue weighted by Crippen LogP contribution is -2.08. The van der Waals surface area contributed by atoms with Crippen molar-refractivity contribution in [2.45, 2.75) is 64.5 Å². The van der Waals surface area contributed by atoms with Crippen LogP contribution in [0.4, 0.5) is 0 Å². The van der Waals surface area contributed by atoms with Crippen LogP contribution in [-0.2, 0) is 4.74 Å². The number of aliphatic imine (C=N–C) groups is 1. The molecule has 144 valence electrons. The van der Waals surface area contributed by atoms with Gasteiger partial charge in [0, 0.05) is 18.8 Å². The molecule has 0 aromatic heterocycles. The molecule has 1 saturated carbocycles. The highest BCUT2D eigenvalue weighted by molar-refractivity contribution is 8.14. The lowest BCUT2D eigenvalue weighted by molar-refractivity contribution is 0.0981. The fraction of sp³-hybridized carbons (Fsp3) is 0.609. The molecule has 1 heterocycles. The summed E-state index contributed by atoms with van der Waals surface area (Å²) in [6.07, 6.45) is 20.1. The second kappa shape index (κ2) is 11.6.